The Morgan fingerprint density at radius 3 is 2.81 bits per heavy atom. The Morgan fingerprint density at radius 1 is 1.15 bits per heavy atom. The number of carbonyl (C=O) groups excluding carboxylic acids is 2. The number of ether oxygens (including phenoxy) is 3. The van der Waals surface area contributed by atoms with Crippen molar-refractivity contribution in [3.05, 3.63) is 59.8 Å². The zero-order valence-corrected chi connectivity index (χ0v) is 14.7. The Hall–Kier alpha value is -3.48. The second-order valence-electron chi connectivity index (χ2n) is 6.25. The summed E-state index contributed by atoms with van der Waals surface area (Å²) in [5, 5.41) is 3.71. The largest absolute Gasteiger partial charge is 0.454 e. The third kappa shape index (κ3) is 3.57. The van der Waals surface area contributed by atoms with Gasteiger partial charge in [0, 0.05) is 10.9 Å². The van der Waals surface area contributed by atoms with Gasteiger partial charge in [0.15, 0.2) is 18.1 Å². The van der Waals surface area contributed by atoms with Crippen molar-refractivity contribution in [3.8, 4) is 11.5 Å². The maximum atomic E-state index is 12.1. The summed E-state index contributed by atoms with van der Waals surface area (Å²) in [5.41, 5.74) is 2.02. The molecule has 0 aliphatic carbocycles. The number of hydrogen-bond donors (Lipinski definition) is 2. The number of aromatic amines is 1. The molecule has 138 valence electrons. The van der Waals surface area contributed by atoms with E-state index in [1.807, 2.05) is 43.3 Å². The minimum absolute atomic E-state index is 0.198. The molecule has 2 N–H and O–H groups in total. The second kappa shape index (κ2) is 7.03. The molecule has 0 saturated carbocycles. The molecule has 0 saturated heterocycles. The Labute approximate surface area is 155 Å². The molecule has 0 radical (unpaired) electrons. The van der Waals surface area contributed by atoms with Crippen LogP contribution >= 0.6 is 0 Å². The van der Waals surface area contributed by atoms with E-state index in [9.17, 15) is 9.59 Å². The first-order valence-electron chi connectivity index (χ1n) is 8.54. The number of benzene rings is 2. The number of amides is 1. The van der Waals surface area contributed by atoms with Gasteiger partial charge in [0.1, 0.15) is 5.69 Å². The van der Waals surface area contributed by atoms with Crippen LogP contribution in [0.3, 0.4) is 0 Å². The fourth-order valence-corrected chi connectivity index (χ4v) is 2.94. The Kier molecular flexibility index (Phi) is 4.42. The van der Waals surface area contributed by atoms with E-state index >= 15 is 0 Å². The Bertz CT molecular complexity index is 978. The normalized spacial score (nSPS) is 13.4. The third-order valence-electron chi connectivity index (χ3n) is 4.36. The number of aromatic nitrogens is 1. The van der Waals surface area contributed by atoms with E-state index in [1.165, 1.54) is 0 Å². The minimum Gasteiger partial charge on any atom is -0.454 e. The predicted molar refractivity (Wildman–Crippen MR) is 97.7 cm³/mol. The molecule has 1 atom stereocenters. The lowest BCUT2D eigenvalue weighted by molar-refractivity contribution is -0.124. The van der Waals surface area contributed by atoms with Crippen LogP contribution in [0, 0.1) is 0 Å². The smallest absolute Gasteiger partial charge is 0.355 e. The van der Waals surface area contributed by atoms with Crippen molar-refractivity contribution in [1.82, 2.24) is 10.3 Å². The fourth-order valence-electron chi connectivity index (χ4n) is 2.94. The van der Waals surface area contributed by atoms with Crippen molar-refractivity contribution in [1.29, 1.82) is 0 Å². The standard InChI is InChI=1S/C20H18N2O5/c1-12(13-6-7-17-18(9-13)27-11-26-17)21-19(23)10-25-20(24)16-8-14-4-2-3-5-15(14)22-16/h2-9,12,22H,10-11H2,1H3,(H,21,23)/t12-/m0/s1. The van der Waals surface area contributed by atoms with Crippen LogP contribution in [0.25, 0.3) is 10.9 Å². The number of fused-ring (bicyclic) bond motifs is 2. The number of H-pyrrole nitrogens is 1. The van der Waals surface area contributed by atoms with Crippen molar-refractivity contribution in [2.75, 3.05) is 13.4 Å². The minimum atomic E-state index is -0.572. The van der Waals surface area contributed by atoms with Crippen LogP contribution in [0.5, 0.6) is 11.5 Å². The zero-order valence-electron chi connectivity index (χ0n) is 14.7. The van der Waals surface area contributed by atoms with Gasteiger partial charge in [-0.25, -0.2) is 4.79 Å². The number of rotatable bonds is 5. The summed E-state index contributed by atoms with van der Waals surface area (Å²) >= 11 is 0. The maximum Gasteiger partial charge on any atom is 0.355 e. The van der Waals surface area contributed by atoms with Crippen LogP contribution in [0.4, 0.5) is 0 Å². The topological polar surface area (TPSA) is 89.7 Å². The van der Waals surface area contributed by atoms with E-state index in [1.54, 1.807) is 12.1 Å². The van der Waals surface area contributed by atoms with Crippen LogP contribution in [0.2, 0.25) is 0 Å². The molecule has 2 heterocycles. The predicted octanol–water partition coefficient (Wildman–Crippen LogP) is 2.93. The van der Waals surface area contributed by atoms with Gasteiger partial charge in [-0.1, -0.05) is 24.3 Å². The lowest BCUT2D eigenvalue weighted by Gasteiger charge is -2.14. The van der Waals surface area contributed by atoms with Crippen molar-refractivity contribution < 1.29 is 23.8 Å². The van der Waals surface area contributed by atoms with Gasteiger partial charge in [-0.3, -0.25) is 4.79 Å². The van der Waals surface area contributed by atoms with Crippen LogP contribution in [-0.2, 0) is 9.53 Å². The molecule has 1 aromatic heterocycles. The number of hydrogen-bond acceptors (Lipinski definition) is 5. The summed E-state index contributed by atoms with van der Waals surface area (Å²) in [4.78, 5) is 27.2. The first-order valence-corrected chi connectivity index (χ1v) is 8.54. The van der Waals surface area contributed by atoms with Gasteiger partial charge in [-0.15, -0.1) is 0 Å². The van der Waals surface area contributed by atoms with Crippen molar-refractivity contribution >= 4 is 22.8 Å². The van der Waals surface area contributed by atoms with E-state index in [4.69, 9.17) is 14.2 Å². The van der Waals surface area contributed by atoms with Gasteiger partial charge in [0.05, 0.1) is 6.04 Å². The SMILES string of the molecule is C[C@H](NC(=O)COC(=O)c1cc2ccccc2[nH]1)c1ccc2c(c1)OCO2. The number of carbonyl (C=O) groups is 2. The highest BCUT2D eigenvalue weighted by molar-refractivity contribution is 5.95. The molecule has 0 fully saturated rings. The number of esters is 1. The molecule has 1 aliphatic rings. The molecule has 4 rings (SSSR count). The van der Waals surface area contributed by atoms with Crippen molar-refractivity contribution in [2.45, 2.75) is 13.0 Å². The lowest BCUT2D eigenvalue weighted by Crippen LogP contribution is -2.31. The second-order valence-corrected chi connectivity index (χ2v) is 6.25. The van der Waals surface area contributed by atoms with Crippen LogP contribution < -0.4 is 14.8 Å². The Balaban J connectivity index is 1.33. The molecule has 0 bridgehead atoms. The highest BCUT2D eigenvalue weighted by atomic mass is 16.7. The highest BCUT2D eigenvalue weighted by Crippen LogP contribution is 2.34. The average molecular weight is 366 g/mol. The summed E-state index contributed by atoms with van der Waals surface area (Å²) in [7, 11) is 0. The summed E-state index contributed by atoms with van der Waals surface area (Å²) in [6, 6.07) is 14.4. The van der Waals surface area contributed by atoms with Gasteiger partial charge in [-0.2, -0.15) is 0 Å². The van der Waals surface area contributed by atoms with Crippen molar-refractivity contribution in [2.24, 2.45) is 0 Å². The molecule has 2 aromatic carbocycles. The van der Waals surface area contributed by atoms with E-state index < -0.39 is 5.97 Å². The van der Waals surface area contributed by atoms with E-state index in [-0.39, 0.29) is 25.3 Å². The summed E-state index contributed by atoms with van der Waals surface area (Å²) < 4.78 is 15.7. The zero-order chi connectivity index (χ0) is 18.8. The van der Waals surface area contributed by atoms with Gasteiger partial charge in [0.25, 0.3) is 5.91 Å². The average Bonchev–Trinajstić information content (AvgIpc) is 3.31. The fraction of sp³-hybridized carbons (Fsp3) is 0.200. The first-order chi connectivity index (χ1) is 13.1. The van der Waals surface area contributed by atoms with E-state index in [0.29, 0.717) is 17.2 Å². The molecule has 0 unspecified atom stereocenters. The van der Waals surface area contributed by atoms with Crippen LogP contribution in [-0.4, -0.2) is 30.3 Å². The molecule has 27 heavy (non-hydrogen) atoms. The number of para-hydroxylation sites is 1. The first kappa shape index (κ1) is 17.0. The molecular formula is C20H18N2O5. The van der Waals surface area contributed by atoms with Gasteiger partial charge in [-0.05, 0) is 36.8 Å². The molecular weight excluding hydrogens is 348 g/mol. The number of nitrogens with one attached hydrogen (secondary N) is 2. The van der Waals surface area contributed by atoms with Crippen LogP contribution in [0.1, 0.15) is 29.0 Å². The molecule has 1 aliphatic heterocycles. The summed E-state index contributed by atoms with van der Waals surface area (Å²) in [6.45, 7) is 1.68. The molecule has 7 nitrogen and oxygen atoms in total. The molecule has 1 amide bonds. The van der Waals surface area contributed by atoms with E-state index in [0.717, 1.165) is 16.5 Å². The lowest BCUT2D eigenvalue weighted by atomic mass is 10.1. The summed E-state index contributed by atoms with van der Waals surface area (Å²) in [5.74, 6) is 0.380. The van der Waals surface area contributed by atoms with Gasteiger partial charge >= 0.3 is 5.97 Å². The van der Waals surface area contributed by atoms with E-state index in [2.05, 4.69) is 10.3 Å². The molecule has 7 heteroatoms. The Morgan fingerprint density at radius 2 is 1.96 bits per heavy atom. The molecule has 0 spiro atoms. The van der Waals surface area contributed by atoms with Gasteiger partial charge < -0.3 is 24.5 Å². The third-order valence-corrected chi connectivity index (χ3v) is 4.36. The summed E-state index contributed by atoms with van der Waals surface area (Å²) in [6.07, 6.45) is 0. The van der Waals surface area contributed by atoms with Gasteiger partial charge in [0.2, 0.25) is 6.79 Å². The maximum absolute atomic E-state index is 12.1. The highest BCUT2D eigenvalue weighted by Gasteiger charge is 2.18. The van der Waals surface area contributed by atoms with Crippen LogP contribution in [0.15, 0.2) is 48.5 Å². The quantitative estimate of drug-likeness (QED) is 0.678. The monoisotopic (exact) mass is 366 g/mol. The van der Waals surface area contributed by atoms with Crippen molar-refractivity contribution in [3.63, 3.8) is 0 Å². The molecule has 3 aromatic rings.